The molecule has 1 aliphatic rings. The second-order valence-corrected chi connectivity index (χ2v) is 7.48. The lowest BCUT2D eigenvalue weighted by Crippen LogP contribution is -2.49. The minimum Gasteiger partial charge on any atom is -0.480 e. The average molecular weight is 461 g/mol. The first kappa shape index (κ1) is 17.7. The first-order valence-electron chi connectivity index (χ1n) is 7.74. The normalized spacial score (nSPS) is 21.1. The van der Waals surface area contributed by atoms with E-state index in [4.69, 9.17) is 21.1 Å². The fourth-order valence-corrected chi connectivity index (χ4v) is 4.06. The van der Waals surface area contributed by atoms with Crippen LogP contribution in [-0.4, -0.2) is 47.7 Å². The van der Waals surface area contributed by atoms with Crippen LogP contribution in [0, 0.1) is 3.57 Å². The van der Waals surface area contributed by atoms with Crippen molar-refractivity contribution in [1.82, 2.24) is 9.88 Å². The van der Waals surface area contributed by atoms with Gasteiger partial charge in [0.05, 0.1) is 20.8 Å². The molecule has 2 aromatic rings. The molecule has 1 aromatic heterocycles. The van der Waals surface area contributed by atoms with Crippen LogP contribution in [0.25, 0.3) is 10.9 Å². The molecule has 1 saturated heterocycles. The minimum atomic E-state index is -0.0492. The van der Waals surface area contributed by atoms with Gasteiger partial charge in [0.15, 0.2) is 12.4 Å². The minimum absolute atomic E-state index is 0.0251. The number of halogens is 2. The van der Waals surface area contributed by atoms with E-state index in [1.165, 1.54) is 0 Å². The third-order valence-corrected chi connectivity index (χ3v) is 4.98. The Hall–Kier alpha value is -1.12. The molecule has 5 nitrogen and oxygen atoms in total. The zero-order valence-corrected chi connectivity index (χ0v) is 16.4. The van der Waals surface area contributed by atoms with E-state index in [1.54, 1.807) is 11.1 Å². The molecule has 0 bridgehead atoms. The van der Waals surface area contributed by atoms with Crippen molar-refractivity contribution in [2.45, 2.75) is 26.1 Å². The summed E-state index contributed by atoms with van der Waals surface area (Å²) in [7, 11) is 0. The number of aromatic nitrogens is 1. The van der Waals surface area contributed by atoms with Crippen LogP contribution in [-0.2, 0) is 9.53 Å². The Balaban J connectivity index is 1.77. The Morgan fingerprint density at radius 1 is 1.46 bits per heavy atom. The third-order valence-electron chi connectivity index (χ3n) is 3.86. The summed E-state index contributed by atoms with van der Waals surface area (Å²) in [5.41, 5.74) is 0.672. The Labute approximate surface area is 159 Å². The smallest absolute Gasteiger partial charge is 0.260 e. The number of carbonyl (C=O) groups is 1. The summed E-state index contributed by atoms with van der Waals surface area (Å²) < 4.78 is 12.3. The lowest BCUT2D eigenvalue weighted by Gasteiger charge is -2.35. The Morgan fingerprint density at radius 2 is 2.17 bits per heavy atom. The van der Waals surface area contributed by atoms with Gasteiger partial charge < -0.3 is 14.4 Å². The molecule has 7 heteroatoms. The quantitative estimate of drug-likeness (QED) is 0.658. The van der Waals surface area contributed by atoms with Gasteiger partial charge in [0.2, 0.25) is 0 Å². The average Bonchev–Trinajstić information content (AvgIpc) is 2.53. The summed E-state index contributed by atoms with van der Waals surface area (Å²) in [5, 5.41) is 1.44. The topological polar surface area (TPSA) is 51.7 Å². The summed E-state index contributed by atoms with van der Waals surface area (Å²) in [6.07, 6.45) is 1.76. The van der Waals surface area contributed by atoms with Crippen LogP contribution in [0.2, 0.25) is 5.02 Å². The first-order chi connectivity index (χ1) is 11.5. The van der Waals surface area contributed by atoms with Gasteiger partial charge >= 0.3 is 0 Å². The molecular weight excluding hydrogens is 443 g/mol. The molecule has 3 rings (SSSR count). The van der Waals surface area contributed by atoms with E-state index >= 15 is 0 Å². The maximum atomic E-state index is 12.5. The second kappa shape index (κ2) is 7.41. The van der Waals surface area contributed by atoms with E-state index in [2.05, 4.69) is 27.6 Å². The number of fused-ring (bicyclic) bond motifs is 1. The van der Waals surface area contributed by atoms with E-state index in [0.717, 1.165) is 8.96 Å². The predicted molar refractivity (Wildman–Crippen MR) is 102 cm³/mol. The maximum Gasteiger partial charge on any atom is 0.260 e. The predicted octanol–water partition coefficient (Wildman–Crippen LogP) is 3.51. The molecule has 1 aliphatic heterocycles. The number of carbonyl (C=O) groups excluding carboxylic acids is 1. The highest BCUT2D eigenvalue weighted by Crippen LogP contribution is 2.34. The van der Waals surface area contributed by atoms with E-state index in [0.29, 0.717) is 29.4 Å². The molecule has 24 heavy (non-hydrogen) atoms. The number of benzene rings is 1. The number of nitrogens with zero attached hydrogens (tertiary/aromatic N) is 2. The highest BCUT2D eigenvalue weighted by molar-refractivity contribution is 14.1. The van der Waals surface area contributed by atoms with Crippen molar-refractivity contribution < 1.29 is 14.3 Å². The van der Waals surface area contributed by atoms with Crippen LogP contribution in [0.4, 0.5) is 0 Å². The van der Waals surface area contributed by atoms with Gasteiger partial charge in [0.1, 0.15) is 5.52 Å². The fraction of sp³-hybridized carbons (Fsp3) is 0.412. The number of ether oxygens (including phenoxy) is 2. The first-order valence-corrected chi connectivity index (χ1v) is 9.20. The molecule has 1 amide bonds. The molecule has 128 valence electrons. The van der Waals surface area contributed by atoms with Crippen molar-refractivity contribution in [3.05, 3.63) is 33.0 Å². The summed E-state index contributed by atoms with van der Waals surface area (Å²) >= 11 is 8.41. The van der Waals surface area contributed by atoms with Crippen LogP contribution in [0.5, 0.6) is 5.75 Å². The van der Waals surface area contributed by atoms with Gasteiger partial charge in [-0.2, -0.15) is 0 Å². The zero-order valence-electron chi connectivity index (χ0n) is 13.5. The number of hydrogen-bond acceptors (Lipinski definition) is 4. The van der Waals surface area contributed by atoms with Crippen molar-refractivity contribution in [3.63, 3.8) is 0 Å². The van der Waals surface area contributed by atoms with Gasteiger partial charge in [0.25, 0.3) is 5.91 Å². The van der Waals surface area contributed by atoms with E-state index in [1.807, 2.05) is 32.0 Å². The van der Waals surface area contributed by atoms with Gasteiger partial charge in [-0.3, -0.25) is 9.78 Å². The van der Waals surface area contributed by atoms with Crippen LogP contribution in [0.1, 0.15) is 13.8 Å². The molecule has 0 radical (unpaired) electrons. The van der Waals surface area contributed by atoms with E-state index in [9.17, 15) is 4.79 Å². The molecule has 0 unspecified atom stereocenters. The number of pyridine rings is 1. The third kappa shape index (κ3) is 3.75. The van der Waals surface area contributed by atoms with Gasteiger partial charge in [-0.05, 0) is 54.6 Å². The maximum absolute atomic E-state index is 12.5. The van der Waals surface area contributed by atoms with Crippen LogP contribution in [0.15, 0.2) is 24.4 Å². The van der Waals surface area contributed by atoms with Crippen LogP contribution >= 0.6 is 34.2 Å². The van der Waals surface area contributed by atoms with Crippen molar-refractivity contribution in [3.8, 4) is 5.75 Å². The summed E-state index contributed by atoms with van der Waals surface area (Å²) in [5.74, 6) is 0.546. The summed E-state index contributed by atoms with van der Waals surface area (Å²) in [4.78, 5) is 18.6. The molecule has 2 atom stereocenters. The van der Waals surface area contributed by atoms with E-state index in [-0.39, 0.29) is 24.7 Å². The number of morpholine rings is 1. The molecule has 1 aromatic carbocycles. The van der Waals surface area contributed by atoms with Gasteiger partial charge in [0, 0.05) is 24.7 Å². The van der Waals surface area contributed by atoms with E-state index < -0.39 is 0 Å². The summed E-state index contributed by atoms with van der Waals surface area (Å²) in [6, 6.07) is 5.54. The van der Waals surface area contributed by atoms with Crippen LogP contribution in [0.3, 0.4) is 0 Å². The van der Waals surface area contributed by atoms with Crippen molar-refractivity contribution in [2.24, 2.45) is 0 Å². The Morgan fingerprint density at radius 3 is 2.88 bits per heavy atom. The molecule has 0 saturated carbocycles. The standard InChI is InChI=1S/C17H18ClIN2O3/c1-10-7-21(8-11(2)24-10)15(22)9-23-17-14(19)6-13(18)12-4-3-5-20-16(12)17/h3-6,10-11H,7-9H2,1-2H3/t10-,11-/m1/s1. The largest absolute Gasteiger partial charge is 0.480 e. The molecule has 0 spiro atoms. The van der Waals surface area contributed by atoms with Crippen LogP contribution < -0.4 is 4.74 Å². The zero-order chi connectivity index (χ0) is 17.3. The molecule has 1 fully saturated rings. The van der Waals surface area contributed by atoms with Crippen molar-refractivity contribution >= 4 is 51.0 Å². The highest BCUT2D eigenvalue weighted by Gasteiger charge is 2.26. The number of amides is 1. The van der Waals surface area contributed by atoms with Gasteiger partial charge in [-0.1, -0.05) is 11.6 Å². The lowest BCUT2D eigenvalue weighted by molar-refractivity contribution is -0.145. The fourth-order valence-electron chi connectivity index (χ4n) is 2.89. The number of hydrogen-bond donors (Lipinski definition) is 0. The monoisotopic (exact) mass is 460 g/mol. The molecule has 0 N–H and O–H groups in total. The number of rotatable bonds is 3. The summed E-state index contributed by atoms with van der Waals surface area (Å²) in [6.45, 7) is 5.09. The lowest BCUT2D eigenvalue weighted by atomic mass is 10.2. The highest BCUT2D eigenvalue weighted by atomic mass is 127. The van der Waals surface area contributed by atoms with Crippen molar-refractivity contribution in [1.29, 1.82) is 0 Å². The van der Waals surface area contributed by atoms with Crippen molar-refractivity contribution in [2.75, 3.05) is 19.7 Å². The van der Waals surface area contributed by atoms with Gasteiger partial charge in [-0.15, -0.1) is 0 Å². The molecule has 2 heterocycles. The SMILES string of the molecule is C[C@@H]1CN(C(=O)COc2c(I)cc(Cl)c3cccnc23)C[C@@H](C)O1. The Bertz CT molecular complexity index is 761. The molecule has 0 aliphatic carbocycles. The second-order valence-electron chi connectivity index (χ2n) is 5.91. The van der Waals surface area contributed by atoms with Gasteiger partial charge in [-0.25, -0.2) is 0 Å². The Kier molecular flexibility index (Phi) is 5.46. The molecular formula is C17H18ClIN2O3.